The molecule has 0 aromatic heterocycles. The van der Waals surface area contributed by atoms with Gasteiger partial charge >= 0.3 is 5.97 Å². The molecule has 0 bridgehead atoms. The number of ether oxygens (including phenoxy) is 2. The number of carbonyl (C=O) groups excluding carboxylic acids is 2. The van der Waals surface area contributed by atoms with Crippen molar-refractivity contribution in [1.29, 1.82) is 0 Å². The van der Waals surface area contributed by atoms with E-state index >= 15 is 0 Å². The molecular formula is C13H21NO6. The lowest BCUT2D eigenvalue weighted by molar-refractivity contribution is -0.591. The second kappa shape index (κ2) is 6.78. The Bertz CT molecular complexity index is 396. The van der Waals surface area contributed by atoms with Crippen molar-refractivity contribution in [2.45, 2.75) is 51.2 Å². The van der Waals surface area contributed by atoms with Gasteiger partial charge < -0.3 is 9.47 Å². The summed E-state index contributed by atoms with van der Waals surface area (Å²) in [5.41, 5.74) is -1.35. The summed E-state index contributed by atoms with van der Waals surface area (Å²) in [7, 11) is 1.37. The van der Waals surface area contributed by atoms with E-state index in [1.54, 1.807) is 6.92 Å². The van der Waals surface area contributed by atoms with Gasteiger partial charge in [0.1, 0.15) is 11.9 Å². The molecule has 1 aliphatic carbocycles. The van der Waals surface area contributed by atoms with Crippen molar-refractivity contribution in [3.05, 3.63) is 10.1 Å². The van der Waals surface area contributed by atoms with Crippen LogP contribution in [0.3, 0.4) is 0 Å². The van der Waals surface area contributed by atoms with Crippen LogP contribution in [0.25, 0.3) is 0 Å². The van der Waals surface area contributed by atoms with Gasteiger partial charge in [-0.15, -0.1) is 0 Å². The summed E-state index contributed by atoms with van der Waals surface area (Å²) in [6.45, 7) is 3.46. The quantitative estimate of drug-likeness (QED) is 0.416. The fourth-order valence-corrected chi connectivity index (χ4v) is 2.75. The summed E-state index contributed by atoms with van der Waals surface area (Å²) in [5.74, 6) is -0.983. The molecule has 114 valence electrons. The maximum absolute atomic E-state index is 11.7. The molecule has 0 saturated heterocycles. The first-order valence-electron chi connectivity index (χ1n) is 6.70. The Kier molecular flexibility index (Phi) is 5.62. The monoisotopic (exact) mass is 287 g/mol. The van der Waals surface area contributed by atoms with Crippen LogP contribution < -0.4 is 0 Å². The summed E-state index contributed by atoms with van der Waals surface area (Å²) in [6, 6.07) is 0. The van der Waals surface area contributed by atoms with E-state index in [9.17, 15) is 19.7 Å². The molecule has 1 rings (SSSR count). The van der Waals surface area contributed by atoms with Crippen molar-refractivity contribution in [1.82, 2.24) is 0 Å². The van der Waals surface area contributed by atoms with E-state index in [-0.39, 0.29) is 43.0 Å². The van der Waals surface area contributed by atoms with Crippen LogP contribution in [0.4, 0.5) is 0 Å². The molecule has 3 atom stereocenters. The van der Waals surface area contributed by atoms with Crippen molar-refractivity contribution in [2.75, 3.05) is 13.7 Å². The van der Waals surface area contributed by atoms with Gasteiger partial charge in [0, 0.05) is 44.1 Å². The van der Waals surface area contributed by atoms with Crippen molar-refractivity contribution in [3.8, 4) is 0 Å². The molecule has 1 aliphatic rings. The number of esters is 1. The molecule has 20 heavy (non-hydrogen) atoms. The molecular weight excluding hydrogens is 266 g/mol. The van der Waals surface area contributed by atoms with Gasteiger partial charge in [-0.3, -0.25) is 19.7 Å². The van der Waals surface area contributed by atoms with Crippen LogP contribution in [0.1, 0.15) is 39.5 Å². The maximum Gasteiger partial charge on any atom is 0.305 e. The Balaban J connectivity index is 2.85. The van der Waals surface area contributed by atoms with Gasteiger partial charge in [-0.1, -0.05) is 0 Å². The number of Topliss-reactive ketones (excluding diaryl/α,β-unsaturated/α-hetero) is 1. The second-order valence-electron chi connectivity index (χ2n) is 5.19. The first-order chi connectivity index (χ1) is 9.36. The van der Waals surface area contributed by atoms with Crippen LogP contribution in [-0.4, -0.2) is 42.0 Å². The summed E-state index contributed by atoms with van der Waals surface area (Å²) in [4.78, 5) is 34.1. The smallest absolute Gasteiger partial charge is 0.305 e. The highest BCUT2D eigenvalue weighted by molar-refractivity contribution is 5.80. The number of nitrogens with zero attached hydrogens (tertiary/aromatic N) is 1. The predicted molar refractivity (Wildman–Crippen MR) is 69.8 cm³/mol. The lowest BCUT2D eigenvalue weighted by Crippen LogP contribution is -2.57. The SMILES string of the molecule is CCOC(=O)CC[C@H]1CC(=O)C[C@@H](OC)[C@]1(C)[N+](=O)[O-]. The van der Waals surface area contributed by atoms with E-state index < -0.39 is 23.5 Å². The molecule has 0 aromatic rings. The van der Waals surface area contributed by atoms with Gasteiger partial charge in [-0.25, -0.2) is 0 Å². The molecule has 0 N–H and O–H groups in total. The number of nitro groups is 1. The van der Waals surface area contributed by atoms with Crippen LogP contribution >= 0.6 is 0 Å². The number of carbonyl (C=O) groups is 2. The summed E-state index contributed by atoms with van der Waals surface area (Å²) in [5, 5.41) is 11.4. The molecule has 0 radical (unpaired) electrons. The maximum atomic E-state index is 11.7. The molecule has 0 spiro atoms. The minimum atomic E-state index is -1.35. The lowest BCUT2D eigenvalue weighted by atomic mass is 9.70. The van der Waals surface area contributed by atoms with Crippen molar-refractivity contribution < 1.29 is 24.0 Å². The molecule has 7 nitrogen and oxygen atoms in total. The van der Waals surface area contributed by atoms with Gasteiger partial charge in [0.15, 0.2) is 0 Å². The van der Waals surface area contributed by atoms with E-state index in [4.69, 9.17) is 9.47 Å². The Morgan fingerprint density at radius 3 is 2.65 bits per heavy atom. The average Bonchev–Trinajstić information content (AvgIpc) is 2.39. The van der Waals surface area contributed by atoms with Crippen molar-refractivity contribution in [3.63, 3.8) is 0 Å². The van der Waals surface area contributed by atoms with Crippen molar-refractivity contribution in [2.24, 2.45) is 5.92 Å². The van der Waals surface area contributed by atoms with Gasteiger partial charge in [0.05, 0.1) is 6.61 Å². The van der Waals surface area contributed by atoms with Crippen LogP contribution in [0, 0.1) is 16.0 Å². The molecule has 1 saturated carbocycles. The van der Waals surface area contributed by atoms with Gasteiger partial charge in [-0.2, -0.15) is 0 Å². The van der Waals surface area contributed by atoms with Gasteiger partial charge in [0.2, 0.25) is 5.54 Å². The largest absolute Gasteiger partial charge is 0.466 e. The molecule has 0 heterocycles. The Hall–Kier alpha value is -1.50. The molecule has 7 heteroatoms. The molecule has 0 aromatic carbocycles. The zero-order chi connectivity index (χ0) is 15.3. The third kappa shape index (κ3) is 3.33. The highest BCUT2D eigenvalue weighted by Gasteiger charge is 2.56. The fraction of sp³-hybridized carbons (Fsp3) is 0.846. The standard InChI is InChI=1S/C13H21NO6/c1-4-20-12(16)6-5-9-7-10(15)8-11(19-3)13(9,2)14(17)18/h9,11H,4-8H2,1-3H3/t9-,11+,13+/m0/s1. The minimum Gasteiger partial charge on any atom is -0.466 e. The molecule has 0 amide bonds. The Morgan fingerprint density at radius 1 is 1.50 bits per heavy atom. The highest BCUT2D eigenvalue weighted by atomic mass is 16.6. The molecule has 1 fully saturated rings. The zero-order valence-corrected chi connectivity index (χ0v) is 12.1. The zero-order valence-electron chi connectivity index (χ0n) is 12.1. The van der Waals surface area contributed by atoms with E-state index in [1.807, 2.05) is 0 Å². The van der Waals surface area contributed by atoms with E-state index in [0.29, 0.717) is 0 Å². The van der Waals surface area contributed by atoms with E-state index in [2.05, 4.69) is 0 Å². The topological polar surface area (TPSA) is 95.7 Å². The fourth-order valence-electron chi connectivity index (χ4n) is 2.75. The normalized spacial score (nSPS) is 30.1. The average molecular weight is 287 g/mol. The minimum absolute atomic E-state index is 0.0455. The number of hydrogen-bond acceptors (Lipinski definition) is 6. The molecule has 0 aliphatic heterocycles. The first-order valence-corrected chi connectivity index (χ1v) is 6.70. The third-order valence-corrected chi connectivity index (χ3v) is 4.05. The molecule has 0 unspecified atom stereocenters. The predicted octanol–water partition coefficient (Wildman–Crippen LogP) is 1.36. The number of methoxy groups -OCH3 is 1. The van der Waals surface area contributed by atoms with Crippen LogP contribution in [0.15, 0.2) is 0 Å². The second-order valence-corrected chi connectivity index (χ2v) is 5.19. The number of hydrogen-bond donors (Lipinski definition) is 0. The summed E-state index contributed by atoms with van der Waals surface area (Å²) in [6.07, 6.45) is -0.278. The summed E-state index contributed by atoms with van der Waals surface area (Å²) >= 11 is 0. The summed E-state index contributed by atoms with van der Waals surface area (Å²) < 4.78 is 9.96. The van der Waals surface area contributed by atoms with E-state index in [1.165, 1.54) is 14.0 Å². The third-order valence-electron chi connectivity index (χ3n) is 4.05. The highest BCUT2D eigenvalue weighted by Crippen LogP contribution is 2.39. The van der Waals surface area contributed by atoms with Crippen LogP contribution in [-0.2, 0) is 19.1 Å². The lowest BCUT2D eigenvalue weighted by Gasteiger charge is -2.38. The first kappa shape index (κ1) is 16.6. The van der Waals surface area contributed by atoms with Gasteiger partial charge in [0.25, 0.3) is 0 Å². The number of ketones is 1. The van der Waals surface area contributed by atoms with Crippen LogP contribution in [0.5, 0.6) is 0 Å². The van der Waals surface area contributed by atoms with E-state index in [0.717, 1.165) is 0 Å². The Labute approximate surface area is 117 Å². The Morgan fingerprint density at radius 2 is 2.15 bits per heavy atom. The van der Waals surface area contributed by atoms with Crippen molar-refractivity contribution >= 4 is 11.8 Å². The van der Waals surface area contributed by atoms with Crippen LogP contribution in [0.2, 0.25) is 0 Å². The number of rotatable bonds is 6. The van der Waals surface area contributed by atoms with Gasteiger partial charge in [-0.05, 0) is 13.3 Å².